The second kappa shape index (κ2) is 9.89. The van der Waals surface area contributed by atoms with E-state index in [1.54, 1.807) is 6.07 Å². The quantitative estimate of drug-likeness (QED) is 0.219. The van der Waals surface area contributed by atoms with E-state index in [9.17, 15) is 52.7 Å². The molecular weight excluding hydrogens is 568 g/mol. The zero-order chi connectivity index (χ0) is 29.7. The summed E-state index contributed by atoms with van der Waals surface area (Å²) in [6, 6.07) is 8.95. The Morgan fingerprint density at radius 2 is 0.925 bits per heavy atom. The molecule has 3 aromatic carbocycles. The van der Waals surface area contributed by atoms with Crippen molar-refractivity contribution in [2.45, 2.75) is 31.2 Å². The molecular formula is C26H14F12N2. The summed E-state index contributed by atoms with van der Waals surface area (Å²) in [6.45, 7) is -0.360. The second-order valence-electron chi connectivity index (χ2n) is 8.63. The summed E-state index contributed by atoms with van der Waals surface area (Å²) in [7, 11) is 0. The lowest BCUT2D eigenvalue weighted by molar-refractivity contribution is -0.144. The van der Waals surface area contributed by atoms with Crippen molar-refractivity contribution in [3.63, 3.8) is 0 Å². The minimum atomic E-state index is -5.21. The van der Waals surface area contributed by atoms with Gasteiger partial charge >= 0.3 is 24.7 Å². The van der Waals surface area contributed by atoms with Gasteiger partial charge in [0.15, 0.2) is 0 Å². The highest BCUT2D eigenvalue weighted by Gasteiger charge is 2.39. The molecule has 0 aliphatic carbocycles. The number of benzene rings is 3. The lowest BCUT2D eigenvalue weighted by Gasteiger charge is -2.18. The van der Waals surface area contributed by atoms with Gasteiger partial charge in [0.2, 0.25) is 0 Å². The standard InChI is InChI=1S/C26H14F12N2/c27-23(28,29)17-6-15(7-18(10-17)24(30,31)32)21-12-39-22(40(21)13-14-4-2-1-3-5-14)16-8-19(25(33,34)35)11-20(9-16)26(36,37)38/h1-12H,13H2. The van der Waals surface area contributed by atoms with E-state index in [2.05, 4.69) is 4.98 Å². The first-order valence-electron chi connectivity index (χ1n) is 11.0. The van der Waals surface area contributed by atoms with Crippen molar-refractivity contribution in [1.82, 2.24) is 9.55 Å². The van der Waals surface area contributed by atoms with Gasteiger partial charge in [-0.3, -0.25) is 0 Å². The Morgan fingerprint density at radius 3 is 1.32 bits per heavy atom. The SMILES string of the molecule is FC(F)(F)c1cc(-c2cnc(-c3cc(C(F)(F)F)cc(C(F)(F)F)c3)n2Cc2ccccc2)cc(C(F)(F)F)c1. The molecule has 0 bridgehead atoms. The first kappa shape index (κ1) is 29.0. The molecule has 2 nitrogen and oxygen atoms in total. The fourth-order valence-electron chi connectivity index (χ4n) is 3.95. The van der Waals surface area contributed by atoms with Crippen LogP contribution in [0.2, 0.25) is 0 Å². The van der Waals surface area contributed by atoms with Crippen molar-refractivity contribution in [3.05, 3.63) is 101 Å². The number of hydrogen-bond acceptors (Lipinski definition) is 1. The molecule has 0 fully saturated rings. The van der Waals surface area contributed by atoms with E-state index in [1.807, 2.05) is 0 Å². The molecule has 0 spiro atoms. The number of alkyl halides is 12. The molecule has 14 heteroatoms. The molecule has 1 aromatic heterocycles. The molecule has 4 aromatic rings. The van der Waals surface area contributed by atoms with Crippen molar-refractivity contribution >= 4 is 0 Å². The molecule has 0 atom stereocenters. The highest BCUT2D eigenvalue weighted by molar-refractivity contribution is 5.69. The maximum absolute atomic E-state index is 13.5. The highest BCUT2D eigenvalue weighted by Crippen LogP contribution is 2.41. The van der Waals surface area contributed by atoms with Crippen LogP contribution in [0.3, 0.4) is 0 Å². The van der Waals surface area contributed by atoms with Crippen LogP contribution in [-0.2, 0) is 31.2 Å². The van der Waals surface area contributed by atoms with Gasteiger partial charge < -0.3 is 4.57 Å². The Balaban J connectivity index is 2.02. The maximum Gasteiger partial charge on any atom is 0.416 e. The summed E-state index contributed by atoms with van der Waals surface area (Å²) in [6.07, 6.45) is -20.0. The van der Waals surface area contributed by atoms with Crippen LogP contribution in [0.4, 0.5) is 52.7 Å². The third-order valence-corrected chi connectivity index (χ3v) is 5.77. The Bertz CT molecular complexity index is 1350. The third-order valence-electron chi connectivity index (χ3n) is 5.77. The van der Waals surface area contributed by atoms with Crippen LogP contribution in [0.5, 0.6) is 0 Å². The molecule has 0 saturated carbocycles. The van der Waals surface area contributed by atoms with Gasteiger partial charge in [-0.25, -0.2) is 4.98 Å². The molecule has 0 aliphatic heterocycles. The Morgan fingerprint density at radius 1 is 0.525 bits per heavy atom. The predicted molar refractivity (Wildman–Crippen MR) is 119 cm³/mol. The number of imidazole rings is 1. The van der Waals surface area contributed by atoms with E-state index < -0.39 is 69.6 Å². The van der Waals surface area contributed by atoms with Crippen LogP contribution in [0.15, 0.2) is 72.9 Å². The van der Waals surface area contributed by atoms with Gasteiger partial charge in [0.25, 0.3) is 0 Å². The average Bonchev–Trinajstić information content (AvgIpc) is 3.25. The van der Waals surface area contributed by atoms with Crippen LogP contribution in [-0.4, -0.2) is 9.55 Å². The smallest absolute Gasteiger partial charge is 0.320 e. The molecule has 0 aliphatic rings. The fraction of sp³-hybridized carbons (Fsp3) is 0.192. The molecule has 0 N–H and O–H groups in total. The summed E-state index contributed by atoms with van der Waals surface area (Å²) in [5.41, 5.74) is -8.05. The van der Waals surface area contributed by atoms with Gasteiger partial charge in [-0.2, -0.15) is 52.7 Å². The van der Waals surface area contributed by atoms with E-state index in [1.165, 1.54) is 24.3 Å². The zero-order valence-electron chi connectivity index (χ0n) is 19.6. The molecule has 0 amide bonds. The fourth-order valence-corrected chi connectivity index (χ4v) is 3.95. The summed E-state index contributed by atoms with van der Waals surface area (Å²) < 4.78 is 163. The van der Waals surface area contributed by atoms with Crippen molar-refractivity contribution in [2.75, 3.05) is 0 Å². The van der Waals surface area contributed by atoms with Crippen LogP contribution in [0.1, 0.15) is 27.8 Å². The largest absolute Gasteiger partial charge is 0.416 e. The summed E-state index contributed by atoms with van der Waals surface area (Å²) in [5.74, 6) is -0.540. The number of rotatable bonds is 4. The number of nitrogens with zero attached hydrogens (tertiary/aromatic N) is 2. The number of hydrogen-bond donors (Lipinski definition) is 0. The van der Waals surface area contributed by atoms with E-state index in [0.29, 0.717) is 29.8 Å². The van der Waals surface area contributed by atoms with Gasteiger partial charge in [0, 0.05) is 17.7 Å². The second-order valence-corrected chi connectivity index (χ2v) is 8.63. The monoisotopic (exact) mass is 582 g/mol. The zero-order valence-corrected chi connectivity index (χ0v) is 19.6. The van der Waals surface area contributed by atoms with E-state index in [0.717, 1.165) is 10.8 Å². The van der Waals surface area contributed by atoms with Gasteiger partial charge in [-0.15, -0.1) is 0 Å². The first-order valence-corrected chi connectivity index (χ1v) is 11.0. The highest BCUT2D eigenvalue weighted by atomic mass is 19.4. The van der Waals surface area contributed by atoms with Crippen molar-refractivity contribution in [1.29, 1.82) is 0 Å². The van der Waals surface area contributed by atoms with Crippen LogP contribution in [0, 0.1) is 0 Å². The minimum absolute atomic E-state index is 0.106. The van der Waals surface area contributed by atoms with Crippen molar-refractivity contribution in [3.8, 4) is 22.6 Å². The number of halogens is 12. The van der Waals surface area contributed by atoms with E-state index >= 15 is 0 Å². The van der Waals surface area contributed by atoms with Gasteiger partial charge in [-0.1, -0.05) is 30.3 Å². The number of aromatic nitrogens is 2. The molecule has 40 heavy (non-hydrogen) atoms. The maximum atomic E-state index is 13.5. The van der Waals surface area contributed by atoms with Gasteiger partial charge in [-0.05, 0) is 42.0 Å². The topological polar surface area (TPSA) is 17.8 Å². The van der Waals surface area contributed by atoms with Gasteiger partial charge in [0.05, 0.1) is 34.1 Å². The van der Waals surface area contributed by atoms with E-state index in [-0.39, 0.29) is 18.7 Å². The molecule has 1 heterocycles. The normalized spacial score (nSPS) is 13.1. The van der Waals surface area contributed by atoms with Gasteiger partial charge in [0.1, 0.15) is 5.82 Å². The molecule has 0 saturated heterocycles. The predicted octanol–water partition coefficient (Wildman–Crippen LogP) is 9.34. The van der Waals surface area contributed by atoms with Crippen molar-refractivity contribution in [2.24, 2.45) is 0 Å². The average molecular weight is 582 g/mol. The minimum Gasteiger partial charge on any atom is -0.320 e. The molecule has 0 unspecified atom stereocenters. The molecule has 4 rings (SSSR count). The van der Waals surface area contributed by atoms with Crippen LogP contribution >= 0.6 is 0 Å². The summed E-state index contributed by atoms with van der Waals surface area (Å²) >= 11 is 0. The Hall–Kier alpha value is -3.97. The first-order chi connectivity index (χ1) is 18.3. The lowest BCUT2D eigenvalue weighted by atomic mass is 10.0. The van der Waals surface area contributed by atoms with Crippen LogP contribution in [0.25, 0.3) is 22.6 Å². The molecule has 212 valence electrons. The molecule has 0 radical (unpaired) electrons. The van der Waals surface area contributed by atoms with Crippen LogP contribution < -0.4 is 0 Å². The Kier molecular flexibility index (Phi) is 7.18. The van der Waals surface area contributed by atoms with E-state index in [4.69, 9.17) is 0 Å². The summed E-state index contributed by atoms with van der Waals surface area (Å²) in [5, 5.41) is 0. The Labute approximate surface area is 217 Å². The summed E-state index contributed by atoms with van der Waals surface area (Å²) in [4.78, 5) is 3.85. The van der Waals surface area contributed by atoms with Crippen molar-refractivity contribution < 1.29 is 52.7 Å². The lowest BCUT2D eigenvalue weighted by Crippen LogP contribution is -2.13. The third kappa shape index (κ3) is 6.26.